The Morgan fingerprint density at radius 2 is 1.60 bits per heavy atom. The van der Waals surface area contributed by atoms with E-state index < -0.39 is 0 Å². The first-order valence-corrected chi connectivity index (χ1v) is 2.39. The Labute approximate surface area is 103 Å². The second-order valence-corrected chi connectivity index (χ2v) is 1.65. The third-order valence-electron chi connectivity index (χ3n) is 0.678. The summed E-state index contributed by atoms with van der Waals surface area (Å²) in [6.45, 7) is 0. The van der Waals surface area contributed by atoms with Crippen molar-refractivity contribution < 1.29 is 17.0 Å². The van der Waals surface area contributed by atoms with E-state index in [1.54, 1.807) is 24.3 Å². The van der Waals surface area contributed by atoms with Gasteiger partial charge in [0, 0.05) is 0 Å². The molecule has 0 heterocycles. The second-order valence-electron chi connectivity index (χ2n) is 1.22. The quantitative estimate of drug-likeness (QED) is 0.441. The zero-order valence-electron chi connectivity index (χ0n) is 5.18. The van der Waals surface area contributed by atoms with Crippen molar-refractivity contribution in [3.05, 3.63) is 35.4 Å². The molecule has 0 unspecified atom stereocenters. The Morgan fingerprint density at radius 1 is 1.20 bits per heavy atom. The number of benzene rings is 1. The van der Waals surface area contributed by atoms with Crippen LogP contribution in [0.15, 0.2) is 24.3 Å². The van der Waals surface area contributed by atoms with Crippen molar-refractivity contribution in [3.63, 3.8) is 0 Å². The second kappa shape index (κ2) is 10.2. The summed E-state index contributed by atoms with van der Waals surface area (Å²) in [4.78, 5) is 0. The molecular formula is C6H5Br2ClMg. The molecular weight excluding hydrogens is 292 g/mol. The van der Waals surface area contributed by atoms with Crippen molar-refractivity contribution >= 4 is 51.6 Å². The molecule has 0 aliphatic rings. The van der Waals surface area contributed by atoms with Gasteiger partial charge < -0.3 is 17.0 Å². The van der Waals surface area contributed by atoms with Gasteiger partial charge in [0.25, 0.3) is 0 Å². The minimum Gasteiger partial charge on any atom is -1.00 e. The van der Waals surface area contributed by atoms with Crippen LogP contribution in [0.3, 0.4) is 0 Å². The predicted octanol–water partition coefficient (Wildman–Crippen LogP) is -0.659. The molecule has 10 heavy (non-hydrogen) atoms. The molecule has 4 heteroatoms. The van der Waals surface area contributed by atoms with E-state index in [0.29, 0.717) is 0 Å². The fourth-order valence-electron chi connectivity index (χ4n) is 0.367. The zero-order chi connectivity index (χ0) is 5.11. The first-order chi connectivity index (χ1) is 3.39. The molecule has 0 nitrogen and oxygen atoms in total. The van der Waals surface area contributed by atoms with Gasteiger partial charge in [0.2, 0.25) is 0 Å². The van der Waals surface area contributed by atoms with Gasteiger partial charge in [-0.15, -0.1) is 28.6 Å². The van der Waals surface area contributed by atoms with Crippen molar-refractivity contribution in [2.75, 3.05) is 0 Å². The Hall–Kier alpha value is 1.24. The molecule has 0 spiro atoms. The molecule has 0 saturated carbocycles. The van der Waals surface area contributed by atoms with Crippen LogP contribution in [-0.2, 0) is 0 Å². The molecule has 0 atom stereocenters. The van der Waals surface area contributed by atoms with E-state index in [9.17, 15) is 0 Å². The van der Waals surface area contributed by atoms with Crippen molar-refractivity contribution in [2.45, 2.75) is 0 Å². The summed E-state index contributed by atoms with van der Waals surface area (Å²) in [7, 11) is 0. The van der Waals surface area contributed by atoms with E-state index in [-0.39, 0.29) is 57.0 Å². The molecule has 0 amide bonds. The van der Waals surface area contributed by atoms with E-state index >= 15 is 0 Å². The molecule has 0 aromatic heterocycles. The molecule has 0 bridgehead atoms. The van der Waals surface area contributed by atoms with E-state index in [1.807, 2.05) is 0 Å². The molecule has 1 aromatic rings. The van der Waals surface area contributed by atoms with E-state index in [0.717, 1.165) is 5.02 Å². The molecule has 0 aliphatic heterocycles. The summed E-state index contributed by atoms with van der Waals surface area (Å²) < 4.78 is 0. The summed E-state index contributed by atoms with van der Waals surface area (Å²) in [6.07, 6.45) is 0. The van der Waals surface area contributed by atoms with Crippen LogP contribution in [0.5, 0.6) is 0 Å². The van der Waals surface area contributed by atoms with Gasteiger partial charge in [-0.25, -0.2) is 0 Å². The topological polar surface area (TPSA) is 0 Å². The first-order valence-electron chi connectivity index (χ1n) is 2.01. The van der Waals surface area contributed by atoms with Crippen LogP contribution in [0, 0.1) is 6.07 Å². The van der Waals surface area contributed by atoms with E-state index in [2.05, 4.69) is 6.07 Å². The molecule has 0 aliphatic carbocycles. The minimum absolute atomic E-state index is 0. The molecule has 0 radical (unpaired) electrons. The number of hydrogen-bond acceptors (Lipinski definition) is 0. The summed E-state index contributed by atoms with van der Waals surface area (Å²) in [5.41, 5.74) is 0. The third kappa shape index (κ3) is 7.34. The first kappa shape index (κ1) is 17.4. The van der Waals surface area contributed by atoms with Crippen LogP contribution in [0.2, 0.25) is 5.02 Å². The van der Waals surface area contributed by atoms with Crippen LogP contribution >= 0.6 is 28.6 Å². The van der Waals surface area contributed by atoms with Gasteiger partial charge in [-0.2, -0.15) is 30.3 Å². The summed E-state index contributed by atoms with van der Waals surface area (Å²) >= 11 is 5.52. The van der Waals surface area contributed by atoms with Crippen LogP contribution in [-0.4, -0.2) is 23.1 Å². The summed E-state index contributed by atoms with van der Waals surface area (Å²) in [5, 5.41) is 0.763. The predicted molar refractivity (Wildman–Crippen MR) is 46.4 cm³/mol. The average molecular weight is 297 g/mol. The molecule has 1 rings (SSSR count). The Balaban J connectivity index is -0.000000163. The maximum atomic E-state index is 5.52. The normalized spacial score (nSPS) is 6.10. The van der Waals surface area contributed by atoms with E-state index in [4.69, 9.17) is 11.6 Å². The van der Waals surface area contributed by atoms with E-state index in [1.165, 1.54) is 0 Å². The monoisotopic (exact) mass is 294 g/mol. The summed E-state index contributed by atoms with van der Waals surface area (Å²) in [6, 6.07) is 10.00. The van der Waals surface area contributed by atoms with Crippen molar-refractivity contribution in [3.8, 4) is 0 Å². The molecule has 0 fully saturated rings. The SMILES string of the molecule is Br.Clc1cc[c-]cc1.[Br-].[Mg+2]. The van der Waals surface area contributed by atoms with Gasteiger partial charge in [0.15, 0.2) is 0 Å². The molecule has 1 aromatic carbocycles. The number of halogens is 3. The molecule has 0 saturated heterocycles. The largest absolute Gasteiger partial charge is 2.00 e. The minimum atomic E-state index is 0. The third-order valence-corrected chi connectivity index (χ3v) is 0.930. The Bertz CT molecular complexity index is 146. The standard InChI is InChI=1S/C6H4Cl.2BrH.Mg/c7-6-4-2-1-3-5-6;;;/h2-5H;2*1H;/q-1;;;+2/p-1. The van der Waals surface area contributed by atoms with Gasteiger partial charge in [-0.1, -0.05) is 5.02 Å². The van der Waals surface area contributed by atoms with Gasteiger partial charge in [0.05, 0.1) is 0 Å². The number of hydrogen-bond donors (Lipinski definition) is 0. The zero-order valence-corrected chi connectivity index (χ0v) is 10.6. The Kier molecular flexibility index (Phi) is 17.8. The molecule has 0 N–H and O–H groups in total. The van der Waals surface area contributed by atoms with Gasteiger partial charge in [-0.3, -0.25) is 0 Å². The maximum absolute atomic E-state index is 5.52. The Morgan fingerprint density at radius 3 is 1.80 bits per heavy atom. The van der Waals surface area contributed by atoms with Crippen LogP contribution in [0.25, 0.3) is 0 Å². The fraction of sp³-hybridized carbons (Fsp3) is 0. The van der Waals surface area contributed by atoms with Crippen LogP contribution in [0.4, 0.5) is 0 Å². The van der Waals surface area contributed by atoms with Crippen molar-refractivity contribution in [2.24, 2.45) is 0 Å². The maximum Gasteiger partial charge on any atom is 2.00 e. The molecule has 52 valence electrons. The van der Waals surface area contributed by atoms with Crippen molar-refractivity contribution in [1.82, 2.24) is 0 Å². The van der Waals surface area contributed by atoms with Crippen LogP contribution in [0.1, 0.15) is 0 Å². The van der Waals surface area contributed by atoms with Gasteiger partial charge in [0.1, 0.15) is 0 Å². The average Bonchev–Trinajstić information content (AvgIpc) is 1.69. The van der Waals surface area contributed by atoms with Gasteiger partial charge >= 0.3 is 23.1 Å². The smallest absolute Gasteiger partial charge is 1.00 e. The summed E-state index contributed by atoms with van der Waals surface area (Å²) in [5.74, 6) is 0. The van der Waals surface area contributed by atoms with Crippen molar-refractivity contribution in [1.29, 1.82) is 0 Å². The van der Waals surface area contributed by atoms with Gasteiger partial charge in [-0.05, 0) is 0 Å². The fourth-order valence-corrected chi connectivity index (χ4v) is 0.493. The van der Waals surface area contributed by atoms with Crippen LogP contribution < -0.4 is 17.0 Å². The number of rotatable bonds is 0.